The number of nitrogens with two attached hydrogens (primary N) is 1. The molecule has 1 fully saturated rings. The molecule has 0 aliphatic heterocycles. The van der Waals surface area contributed by atoms with Gasteiger partial charge in [-0.3, -0.25) is 10.4 Å². The summed E-state index contributed by atoms with van der Waals surface area (Å²) in [5, 5.41) is 7.67. The van der Waals surface area contributed by atoms with Crippen LogP contribution in [0, 0.1) is 0 Å². The van der Waals surface area contributed by atoms with Crippen LogP contribution in [0.25, 0.3) is 0 Å². The lowest BCUT2D eigenvalue weighted by Gasteiger charge is -2.24. The lowest BCUT2D eigenvalue weighted by Crippen LogP contribution is -2.47. The van der Waals surface area contributed by atoms with Gasteiger partial charge in [0.25, 0.3) is 0 Å². The number of guanidine groups is 1. The largest absolute Gasteiger partial charge is 0.353 e. The van der Waals surface area contributed by atoms with Crippen LogP contribution in [0.5, 0.6) is 0 Å². The minimum atomic E-state index is 0.537. The van der Waals surface area contributed by atoms with Gasteiger partial charge in [-0.1, -0.05) is 19.3 Å². The van der Waals surface area contributed by atoms with Crippen LogP contribution in [0.1, 0.15) is 37.7 Å². The molecule has 1 aliphatic rings. The van der Waals surface area contributed by atoms with Gasteiger partial charge in [0.15, 0.2) is 0 Å². The number of hydrogen-bond donors (Lipinski definition) is 3. The first-order valence-corrected chi connectivity index (χ1v) is 7.61. The third kappa shape index (κ3) is 4.31. The van der Waals surface area contributed by atoms with Gasteiger partial charge in [-0.25, -0.2) is 5.84 Å². The summed E-state index contributed by atoms with van der Waals surface area (Å²) >= 11 is 1.73. The molecular weight excluding hydrogens is 244 g/mol. The average molecular weight is 266 g/mol. The van der Waals surface area contributed by atoms with Crippen LogP contribution in [0.2, 0.25) is 0 Å². The van der Waals surface area contributed by atoms with Gasteiger partial charge >= 0.3 is 0 Å². The molecule has 0 bridgehead atoms. The maximum Gasteiger partial charge on any atom is 0.205 e. The molecule has 4 N–H and O–H groups in total. The van der Waals surface area contributed by atoms with E-state index in [4.69, 9.17) is 5.84 Å². The highest BCUT2D eigenvalue weighted by molar-refractivity contribution is 7.07. The highest BCUT2D eigenvalue weighted by atomic mass is 32.1. The van der Waals surface area contributed by atoms with E-state index in [0.717, 1.165) is 18.9 Å². The molecule has 4 nitrogen and oxygen atoms in total. The van der Waals surface area contributed by atoms with Crippen molar-refractivity contribution >= 4 is 17.3 Å². The molecule has 0 aromatic carbocycles. The van der Waals surface area contributed by atoms with Crippen molar-refractivity contribution in [3.63, 3.8) is 0 Å². The summed E-state index contributed by atoms with van der Waals surface area (Å²) in [6, 6.07) is 2.68. The van der Waals surface area contributed by atoms with Crippen LogP contribution < -0.4 is 16.6 Å². The maximum absolute atomic E-state index is 5.51. The van der Waals surface area contributed by atoms with Crippen LogP contribution in [-0.4, -0.2) is 18.5 Å². The maximum atomic E-state index is 5.51. The molecule has 100 valence electrons. The fourth-order valence-corrected chi connectivity index (χ4v) is 3.01. The highest BCUT2D eigenvalue weighted by Gasteiger charge is 2.13. The van der Waals surface area contributed by atoms with E-state index in [1.54, 1.807) is 11.3 Å². The van der Waals surface area contributed by atoms with Gasteiger partial charge in [0.05, 0.1) is 0 Å². The number of hydrazine groups is 1. The molecular formula is C13H22N4S. The van der Waals surface area contributed by atoms with Gasteiger partial charge < -0.3 is 5.32 Å². The summed E-state index contributed by atoms with van der Waals surface area (Å²) in [5.41, 5.74) is 4.02. The lowest BCUT2D eigenvalue weighted by molar-refractivity contribution is 0.410. The van der Waals surface area contributed by atoms with E-state index in [0.29, 0.717) is 6.04 Å². The van der Waals surface area contributed by atoms with Gasteiger partial charge in [0.2, 0.25) is 5.96 Å². The zero-order chi connectivity index (χ0) is 12.6. The summed E-state index contributed by atoms with van der Waals surface area (Å²) in [6.07, 6.45) is 7.41. The Bertz CT molecular complexity index is 355. The molecule has 1 aliphatic carbocycles. The first-order valence-electron chi connectivity index (χ1n) is 6.67. The fourth-order valence-electron chi connectivity index (χ4n) is 2.30. The third-order valence-corrected chi connectivity index (χ3v) is 4.07. The summed E-state index contributed by atoms with van der Waals surface area (Å²) in [5.74, 6) is 6.24. The summed E-state index contributed by atoms with van der Waals surface area (Å²) < 4.78 is 0. The van der Waals surface area contributed by atoms with Gasteiger partial charge in [0.1, 0.15) is 0 Å². The standard InChI is InChI=1S/C13H22N4S/c14-17-13(16-12-4-2-1-3-5-12)15-8-6-11-7-9-18-10-11/h7,9-10,12H,1-6,8,14H2,(H2,15,16,17). The van der Waals surface area contributed by atoms with Crippen molar-refractivity contribution < 1.29 is 0 Å². The Morgan fingerprint density at radius 3 is 2.89 bits per heavy atom. The van der Waals surface area contributed by atoms with Crippen molar-refractivity contribution in [2.24, 2.45) is 10.8 Å². The predicted molar refractivity (Wildman–Crippen MR) is 77.7 cm³/mol. The third-order valence-electron chi connectivity index (χ3n) is 3.33. The predicted octanol–water partition coefficient (Wildman–Crippen LogP) is 2.03. The van der Waals surface area contributed by atoms with Crippen molar-refractivity contribution in [1.29, 1.82) is 0 Å². The second kappa shape index (κ2) is 7.38. The number of nitrogens with zero attached hydrogens (tertiary/aromatic N) is 1. The smallest absolute Gasteiger partial charge is 0.205 e. The first kappa shape index (κ1) is 13.4. The minimum absolute atomic E-state index is 0.537. The van der Waals surface area contributed by atoms with Crippen LogP contribution in [0.15, 0.2) is 21.8 Å². The average Bonchev–Trinajstić information content (AvgIpc) is 2.92. The van der Waals surface area contributed by atoms with E-state index in [1.165, 1.54) is 37.7 Å². The van der Waals surface area contributed by atoms with Crippen molar-refractivity contribution in [2.45, 2.75) is 44.6 Å². The second-order valence-corrected chi connectivity index (χ2v) is 5.52. The molecule has 18 heavy (non-hydrogen) atoms. The van der Waals surface area contributed by atoms with Crippen molar-refractivity contribution in [3.8, 4) is 0 Å². The van der Waals surface area contributed by atoms with E-state index in [1.807, 2.05) is 0 Å². The quantitative estimate of drug-likeness (QED) is 0.338. The Balaban J connectivity index is 1.76. The van der Waals surface area contributed by atoms with E-state index >= 15 is 0 Å². The fraction of sp³-hybridized carbons (Fsp3) is 0.615. The Labute approximate surface area is 113 Å². The van der Waals surface area contributed by atoms with Crippen LogP contribution >= 0.6 is 11.3 Å². The Hall–Kier alpha value is -1.07. The molecule has 1 aromatic heterocycles. The molecule has 2 rings (SSSR count). The number of aliphatic imine (C=N–C) groups is 1. The van der Waals surface area contributed by atoms with E-state index in [9.17, 15) is 0 Å². The monoisotopic (exact) mass is 266 g/mol. The van der Waals surface area contributed by atoms with E-state index in [-0.39, 0.29) is 0 Å². The van der Waals surface area contributed by atoms with Gasteiger partial charge in [0, 0.05) is 12.6 Å². The molecule has 0 spiro atoms. The van der Waals surface area contributed by atoms with Crippen LogP contribution in [-0.2, 0) is 6.42 Å². The van der Waals surface area contributed by atoms with Gasteiger partial charge in [-0.05, 0) is 41.7 Å². The van der Waals surface area contributed by atoms with Crippen LogP contribution in [0.3, 0.4) is 0 Å². The molecule has 5 heteroatoms. The SMILES string of the molecule is NNC(=NCCc1ccsc1)NC1CCCCC1. The number of thiophene rings is 1. The summed E-state index contributed by atoms with van der Waals surface area (Å²) in [4.78, 5) is 4.49. The van der Waals surface area contributed by atoms with Crippen molar-refractivity contribution in [2.75, 3.05) is 6.54 Å². The number of hydrogen-bond acceptors (Lipinski definition) is 3. The Morgan fingerprint density at radius 1 is 1.39 bits per heavy atom. The lowest BCUT2D eigenvalue weighted by atomic mass is 9.96. The zero-order valence-electron chi connectivity index (χ0n) is 10.7. The van der Waals surface area contributed by atoms with E-state index in [2.05, 4.69) is 32.6 Å². The Morgan fingerprint density at radius 2 is 2.22 bits per heavy atom. The van der Waals surface area contributed by atoms with Crippen LogP contribution in [0.4, 0.5) is 0 Å². The Kier molecular flexibility index (Phi) is 5.48. The molecule has 0 saturated heterocycles. The van der Waals surface area contributed by atoms with E-state index < -0.39 is 0 Å². The molecule has 0 atom stereocenters. The van der Waals surface area contributed by atoms with Crippen molar-refractivity contribution in [1.82, 2.24) is 10.7 Å². The molecule has 0 radical (unpaired) electrons. The van der Waals surface area contributed by atoms with Gasteiger partial charge in [-0.2, -0.15) is 11.3 Å². The summed E-state index contributed by atoms with van der Waals surface area (Å²) in [7, 11) is 0. The first-order chi connectivity index (χ1) is 8.88. The molecule has 1 aromatic rings. The zero-order valence-corrected chi connectivity index (χ0v) is 11.5. The highest BCUT2D eigenvalue weighted by Crippen LogP contribution is 2.17. The normalized spacial score (nSPS) is 17.7. The molecule has 0 amide bonds. The molecule has 1 heterocycles. The minimum Gasteiger partial charge on any atom is -0.353 e. The molecule has 1 saturated carbocycles. The number of nitrogens with one attached hydrogen (secondary N) is 2. The van der Waals surface area contributed by atoms with Crippen molar-refractivity contribution in [3.05, 3.63) is 22.4 Å². The topological polar surface area (TPSA) is 62.4 Å². The van der Waals surface area contributed by atoms with Gasteiger partial charge in [-0.15, -0.1) is 0 Å². The number of rotatable bonds is 4. The molecule has 0 unspecified atom stereocenters. The summed E-state index contributed by atoms with van der Waals surface area (Å²) in [6.45, 7) is 0.774. The second-order valence-electron chi connectivity index (χ2n) is 4.74.